The van der Waals surface area contributed by atoms with E-state index in [1.165, 1.54) is 38.5 Å². The molecule has 2 heteroatoms. The van der Waals surface area contributed by atoms with Gasteiger partial charge in [-0.05, 0) is 24.7 Å². The molecule has 2 rings (SSSR count). The van der Waals surface area contributed by atoms with Crippen LogP contribution in [0.25, 0.3) is 0 Å². The van der Waals surface area contributed by atoms with Crippen LogP contribution in [0.2, 0.25) is 0 Å². The van der Waals surface area contributed by atoms with Gasteiger partial charge in [-0.15, -0.1) is 0 Å². The van der Waals surface area contributed by atoms with Crippen molar-refractivity contribution in [2.45, 2.75) is 44.6 Å². The lowest BCUT2D eigenvalue weighted by molar-refractivity contribution is 0.196. The molecule has 0 bridgehead atoms. The molecular weight excluding hydrogens is 150 g/mol. The highest BCUT2D eigenvalue weighted by molar-refractivity contribution is 4.94. The summed E-state index contributed by atoms with van der Waals surface area (Å²) in [6, 6.07) is 0.392. The van der Waals surface area contributed by atoms with Gasteiger partial charge in [-0.1, -0.05) is 19.3 Å². The Morgan fingerprint density at radius 1 is 1.25 bits per heavy atom. The first-order valence-electron chi connectivity index (χ1n) is 5.19. The molecule has 0 aromatic heterocycles. The summed E-state index contributed by atoms with van der Waals surface area (Å²) in [5, 5.41) is 12.4. The number of nitrogens with one attached hydrogen (secondary N) is 1. The van der Waals surface area contributed by atoms with Crippen molar-refractivity contribution < 1.29 is 5.11 Å². The summed E-state index contributed by atoms with van der Waals surface area (Å²) < 4.78 is 0. The maximum absolute atomic E-state index is 9.02. The van der Waals surface area contributed by atoms with Gasteiger partial charge in [0.25, 0.3) is 0 Å². The predicted octanol–water partition coefficient (Wildman–Crippen LogP) is 1.29. The molecule has 0 radical (unpaired) electrons. The Morgan fingerprint density at radius 3 is 2.58 bits per heavy atom. The number of hydrogen-bond acceptors (Lipinski definition) is 2. The van der Waals surface area contributed by atoms with Crippen molar-refractivity contribution in [1.82, 2.24) is 5.32 Å². The summed E-state index contributed by atoms with van der Waals surface area (Å²) in [6.45, 7) is 1.47. The molecule has 1 saturated heterocycles. The number of aliphatic hydroxyl groups is 1. The fourth-order valence-corrected chi connectivity index (χ4v) is 2.84. The normalized spacial score (nSPS) is 34.2. The summed E-state index contributed by atoms with van der Waals surface area (Å²) >= 11 is 0. The van der Waals surface area contributed by atoms with E-state index in [4.69, 9.17) is 5.11 Å². The van der Waals surface area contributed by atoms with Gasteiger partial charge >= 0.3 is 0 Å². The van der Waals surface area contributed by atoms with E-state index in [9.17, 15) is 0 Å². The van der Waals surface area contributed by atoms with Gasteiger partial charge in [0, 0.05) is 12.6 Å². The zero-order valence-corrected chi connectivity index (χ0v) is 7.68. The van der Waals surface area contributed by atoms with Crippen LogP contribution < -0.4 is 5.32 Å². The molecule has 1 spiro atoms. The van der Waals surface area contributed by atoms with Gasteiger partial charge in [0.2, 0.25) is 0 Å². The Morgan fingerprint density at radius 2 is 2.00 bits per heavy atom. The molecule has 12 heavy (non-hydrogen) atoms. The second-order valence-electron chi connectivity index (χ2n) is 4.53. The average molecular weight is 169 g/mol. The third-order valence-electron chi connectivity index (χ3n) is 3.58. The van der Waals surface area contributed by atoms with E-state index in [2.05, 4.69) is 5.32 Å². The molecule has 1 atom stereocenters. The second-order valence-corrected chi connectivity index (χ2v) is 4.53. The highest BCUT2D eigenvalue weighted by Gasteiger charge is 2.38. The zero-order valence-electron chi connectivity index (χ0n) is 7.68. The summed E-state index contributed by atoms with van der Waals surface area (Å²) in [6.07, 6.45) is 8.21. The van der Waals surface area contributed by atoms with E-state index in [0.29, 0.717) is 18.1 Å². The Bertz CT molecular complexity index is 152. The van der Waals surface area contributed by atoms with Crippen molar-refractivity contribution in [2.24, 2.45) is 5.41 Å². The minimum atomic E-state index is 0.321. The van der Waals surface area contributed by atoms with Crippen LogP contribution in [-0.2, 0) is 0 Å². The van der Waals surface area contributed by atoms with Gasteiger partial charge in [0.05, 0.1) is 6.61 Å². The first kappa shape index (κ1) is 8.52. The first-order chi connectivity index (χ1) is 5.85. The van der Waals surface area contributed by atoms with Crippen molar-refractivity contribution in [2.75, 3.05) is 13.2 Å². The molecule has 2 aliphatic rings. The monoisotopic (exact) mass is 169 g/mol. The molecule has 1 aliphatic carbocycles. The second kappa shape index (κ2) is 3.35. The SMILES string of the molecule is OC[C@@H]1CC2(CCCCC2)CN1. The standard InChI is InChI=1S/C10H19NO/c12-7-9-6-10(8-11-9)4-2-1-3-5-10/h9,11-12H,1-8H2/t9-/m0/s1. The van der Waals surface area contributed by atoms with Crippen LogP contribution in [0, 0.1) is 5.41 Å². The molecule has 1 heterocycles. The van der Waals surface area contributed by atoms with Crippen molar-refractivity contribution >= 4 is 0 Å². The predicted molar refractivity (Wildman–Crippen MR) is 49.0 cm³/mol. The van der Waals surface area contributed by atoms with E-state index in [1.807, 2.05) is 0 Å². The van der Waals surface area contributed by atoms with E-state index in [0.717, 1.165) is 6.54 Å². The molecule has 0 unspecified atom stereocenters. The molecule has 1 saturated carbocycles. The van der Waals surface area contributed by atoms with E-state index >= 15 is 0 Å². The smallest absolute Gasteiger partial charge is 0.0584 e. The summed E-state index contributed by atoms with van der Waals surface area (Å²) in [7, 11) is 0. The summed E-state index contributed by atoms with van der Waals surface area (Å²) in [5.41, 5.74) is 0.575. The highest BCUT2D eigenvalue weighted by atomic mass is 16.3. The van der Waals surface area contributed by atoms with Crippen LogP contribution in [0.5, 0.6) is 0 Å². The molecule has 0 aromatic carbocycles. The topological polar surface area (TPSA) is 32.3 Å². The van der Waals surface area contributed by atoms with Crippen LogP contribution in [0.1, 0.15) is 38.5 Å². The molecule has 2 N–H and O–H groups in total. The van der Waals surface area contributed by atoms with Gasteiger partial charge in [-0.2, -0.15) is 0 Å². The van der Waals surface area contributed by atoms with Gasteiger partial charge in [0.1, 0.15) is 0 Å². The zero-order chi connectivity index (χ0) is 8.44. The Kier molecular flexibility index (Phi) is 2.37. The first-order valence-corrected chi connectivity index (χ1v) is 5.19. The van der Waals surface area contributed by atoms with Gasteiger partial charge in [-0.3, -0.25) is 0 Å². The Hall–Kier alpha value is -0.0800. The van der Waals surface area contributed by atoms with Crippen LogP contribution in [-0.4, -0.2) is 24.3 Å². The van der Waals surface area contributed by atoms with E-state index in [1.54, 1.807) is 0 Å². The molecule has 70 valence electrons. The van der Waals surface area contributed by atoms with E-state index in [-0.39, 0.29) is 0 Å². The molecule has 2 fully saturated rings. The number of rotatable bonds is 1. The minimum Gasteiger partial charge on any atom is -0.395 e. The van der Waals surface area contributed by atoms with Crippen LogP contribution in [0.4, 0.5) is 0 Å². The van der Waals surface area contributed by atoms with Crippen molar-refractivity contribution in [3.8, 4) is 0 Å². The lowest BCUT2D eigenvalue weighted by atomic mass is 9.73. The van der Waals surface area contributed by atoms with Crippen molar-refractivity contribution in [1.29, 1.82) is 0 Å². The van der Waals surface area contributed by atoms with Crippen molar-refractivity contribution in [3.05, 3.63) is 0 Å². The fraction of sp³-hybridized carbons (Fsp3) is 1.00. The third-order valence-corrected chi connectivity index (χ3v) is 3.58. The lowest BCUT2D eigenvalue weighted by Gasteiger charge is -2.32. The van der Waals surface area contributed by atoms with Gasteiger partial charge in [-0.25, -0.2) is 0 Å². The third kappa shape index (κ3) is 1.50. The number of hydrogen-bond donors (Lipinski definition) is 2. The fourth-order valence-electron chi connectivity index (χ4n) is 2.84. The van der Waals surface area contributed by atoms with Crippen LogP contribution >= 0.6 is 0 Å². The Labute approximate surface area is 74.4 Å². The highest BCUT2D eigenvalue weighted by Crippen LogP contribution is 2.42. The molecule has 2 nitrogen and oxygen atoms in total. The maximum Gasteiger partial charge on any atom is 0.0584 e. The summed E-state index contributed by atoms with van der Waals surface area (Å²) in [5.74, 6) is 0. The maximum atomic E-state index is 9.02. The molecular formula is C10H19NO. The van der Waals surface area contributed by atoms with Gasteiger partial charge < -0.3 is 10.4 Å². The average Bonchev–Trinajstić information content (AvgIpc) is 2.50. The lowest BCUT2D eigenvalue weighted by Crippen LogP contribution is -2.26. The summed E-state index contributed by atoms with van der Waals surface area (Å²) in [4.78, 5) is 0. The van der Waals surface area contributed by atoms with Crippen molar-refractivity contribution in [3.63, 3.8) is 0 Å². The number of aliphatic hydroxyl groups excluding tert-OH is 1. The Balaban J connectivity index is 1.94. The molecule has 1 aliphatic heterocycles. The van der Waals surface area contributed by atoms with Crippen LogP contribution in [0.15, 0.2) is 0 Å². The van der Waals surface area contributed by atoms with Crippen LogP contribution in [0.3, 0.4) is 0 Å². The molecule has 0 aromatic rings. The largest absolute Gasteiger partial charge is 0.395 e. The molecule has 0 amide bonds. The quantitative estimate of drug-likeness (QED) is 0.620. The van der Waals surface area contributed by atoms with Gasteiger partial charge in [0.15, 0.2) is 0 Å². The van der Waals surface area contributed by atoms with E-state index < -0.39 is 0 Å². The minimum absolute atomic E-state index is 0.321.